The Morgan fingerprint density at radius 3 is 2.87 bits per heavy atom. The number of hydrogen-bond donors (Lipinski definition) is 1. The first-order valence-electron chi connectivity index (χ1n) is 9.24. The first-order valence-corrected chi connectivity index (χ1v) is 10.6. The van der Waals surface area contributed by atoms with Crippen LogP contribution in [-0.4, -0.2) is 36.1 Å². The van der Waals surface area contributed by atoms with Crippen LogP contribution < -0.4 is 14.8 Å². The SMILES string of the molecule is O=C(CSc1cccc(N=Cc2cccnc2Cl)c1)Nc1ccc2c(c1)OCCO2. The molecule has 152 valence electrons. The highest BCUT2D eigenvalue weighted by Gasteiger charge is 2.13. The molecule has 30 heavy (non-hydrogen) atoms. The van der Waals surface area contributed by atoms with E-state index in [1.54, 1.807) is 36.7 Å². The molecular weight excluding hydrogens is 422 g/mol. The maximum absolute atomic E-state index is 12.3. The van der Waals surface area contributed by atoms with Crippen LogP contribution in [0.3, 0.4) is 0 Å². The van der Waals surface area contributed by atoms with Gasteiger partial charge in [-0.25, -0.2) is 4.98 Å². The Morgan fingerprint density at radius 2 is 2.00 bits per heavy atom. The third kappa shape index (κ3) is 5.31. The van der Waals surface area contributed by atoms with E-state index in [2.05, 4.69) is 15.3 Å². The summed E-state index contributed by atoms with van der Waals surface area (Å²) >= 11 is 7.48. The summed E-state index contributed by atoms with van der Waals surface area (Å²) in [5, 5.41) is 3.29. The van der Waals surface area contributed by atoms with Crippen LogP contribution in [0.25, 0.3) is 0 Å². The van der Waals surface area contributed by atoms with Crippen molar-refractivity contribution in [3.05, 3.63) is 71.5 Å². The number of thioether (sulfide) groups is 1. The summed E-state index contributed by atoms with van der Waals surface area (Å²) in [5.41, 5.74) is 2.19. The minimum atomic E-state index is -0.104. The molecular formula is C22H18ClN3O3S. The molecule has 8 heteroatoms. The quantitative estimate of drug-likeness (QED) is 0.333. The zero-order valence-corrected chi connectivity index (χ0v) is 17.4. The summed E-state index contributed by atoms with van der Waals surface area (Å²) in [6.45, 7) is 1.04. The molecule has 3 aromatic rings. The third-order valence-electron chi connectivity index (χ3n) is 4.15. The number of hydrogen-bond acceptors (Lipinski definition) is 6. The summed E-state index contributed by atoms with van der Waals surface area (Å²) in [5.74, 6) is 1.51. The number of nitrogens with one attached hydrogen (secondary N) is 1. The highest BCUT2D eigenvalue weighted by atomic mass is 35.5. The van der Waals surface area contributed by atoms with Crippen LogP contribution in [-0.2, 0) is 4.79 Å². The maximum Gasteiger partial charge on any atom is 0.234 e. The highest BCUT2D eigenvalue weighted by molar-refractivity contribution is 8.00. The molecule has 2 aromatic carbocycles. The van der Waals surface area contributed by atoms with Gasteiger partial charge < -0.3 is 14.8 Å². The third-order valence-corrected chi connectivity index (χ3v) is 5.46. The van der Waals surface area contributed by atoms with Gasteiger partial charge in [-0.2, -0.15) is 0 Å². The minimum absolute atomic E-state index is 0.104. The van der Waals surface area contributed by atoms with Crippen LogP contribution in [0.2, 0.25) is 5.15 Å². The van der Waals surface area contributed by atoms with E-state index >= 15 is 0 Å². The van der Waals surface area contributed by atoms with Gasteiger partial charge in [0, 0.05) is 34.6 Å². The van der Waals surface area contributed by atoms with Crippen molar-refractivity contribution in [2.75, 3.05) is 24.3 Å². The lowest BCUT2D eigenvalue weighted by atomic mass is 10.2. The molecule has 0 bridgehead atoms. The zero-order valence-electron chi connectivity index (χ0n) is 15.9. The molecule has 1 aliphatic heterocycles. The Balaban J connectivity index is 1.34. The van der Waals surface area contributed by atoms with Crippen molar-refractivity contribution < 1.29 is 14.3 Å². The molecule has 1 N–H and O–H groups in total. The molecule has 2 heterocycles. The van der Waals surface area contributed by atoms with Crippen molar-refractivity contribution in [1.29, 1.82) is 0 Å². The average Bonchev–Trinajstić information content (AvgIpc) is 2.77. The van der Waals surface area contributed by atoms with Crippen LogP contribution >= 0.6 is 23.4 Å². The molecule has 0 spiro atoms. The minimum Gasteiger partial charge on any atom is -0.486 e. The number of anilines is 1. The number of benzene rings is 2. The second-order valence-electron chi connectivity index (χ2n) is 6.33. The van der Waals surface area contributed by atoms with E-state index in [-0.39, 0.29) is 11.7 Å². The molecule has 0 atom stereocenters. The number of pyridine rings is 1. The monoisotopic (exact) mass is 439 g/mol. The van der Waals surface area contributed by atoms with Crippen molar-refractivity contribution in [3.8, 4) is 11.5 Å². The van der Waals surface area contributed by atoms with Crippen LogP contribution in [0.5, 0.6) is 11.5 Å². The van der Waals surface area contributed by atoms with Gasteiger partial charge in [-0.3, -0.25) is 9.79 Å². The summed E-state index contributed by atoms with van der Waals surface area (Å²) in [6.07, 6.45) is 3.31. The van der Waals surface area contributed by atoms with Gasteiger partial charge in [0.15, 0.2) is 11.5 Å². The summed E-state index contributed by atoms with van der Waals surface area (Å²) < 4.78 is 11.0. The number of fused-ring (bicyclic) bond motifs is 1. The van der Waals surface area contributed by atoms with E-state index in [1.165, 1.54) is 11.8 Å². The highest BCUT2D eigenvalue weighted by Crippen LogP contribution is 2.32. The summed E-state index contributed by atoms with van der Waals surface area (Å²) in [6, 6.07) is 16.7. The maximum atomic E-state index is 12.3. The van der Waals surface area contributed by atoms with Crippen LogP contribution in [0.4, 0.5) is 11.4 Å². The summed E-state index contributed by atoms with van der Waals surface area (Å²) in [4.78, 5) is 21.7. The van der Waals surface area contributed by atoms with Crippen LogP contribution in [0.15, 0.2) is 70.7 Å². The van der Waals surface area contributed by atoms with E-state index in [1.807, 2.05) is 30.3 Å². The molecule has 0 saturated heterocycles. The molecule has 0 radical (unpaired) electrons. The van der Waals surface area contributed by atoms with Crippen LogP contribution in [0, 0.1) is 0 Å². The predicted molar refractivity (Wildman–Crippen MR) is 120 cm³/mol. The van der Waals surface area contributed by atoms with E-state index in [9.17, 15) is 4.79 Å². The lowest BCUT2D eigenvalue weighted by Crippen LogP contribution is -2.17. The Morgan fingerprint density at radius 1 is 1.13 bits per heavy atom. The molecule has 6 nitrogen and oxygen atoms in total. The number of halogens is 1. The average molecular weight is 440 g/mol. The zero-order chi connectivity index (χ0) is 20.8. The lowest BCUT2D eigenvalue weighted by Gasteiger charge is -2.19. The van der Waals surface area contributed by atoms with Gasteiger partial charge in [0.2, 0.25) is 5.91 Å². The van der Waals surface area contributed by atoms with Gasteiger partial charge in [0.25, 0.3) is 0 Å². The number of carbonyl (C=O) groups excluding carboxylic acids is 1. The second kappa shape index (κ2) is 9.65. The van der Waals surface area contributed by atoms with Crippen molar-refractivity contribution in [2.24, 2.45) is 4.99 Å². The number of aromatic nitrogens is 1. The van der Waals surface area contributed by atoms with E-state index in [0.29, 0.717) is 35.6 Å². The second-order valence-corrected chi connectivity index (χ2v) is 7.74. The Labute approximate surface area is 183 Å². The molecule has 0 saturated carbocycles. The predicted octanol–water partition coefficient (Wildman–Crippen LogP) is 4.99. The van der Waals surface area contributed by atoms with Gasteiger partial charge >= 0.3 is 0 Å². The Kier molecular flexibility index (Phi) is 6.51. The van der Waals surface area contributed by atoms with Crippen molar-refractivity contribution in [1.82, 2.24) is 4.98 Å². The Hall–Kier alpha value is -3.03. The van der Waals surface area contributed by atoms with Gasteiger partial charge in [0.1, 0.15) is 18.4 Å². The number of ether oxygens (including phenoxy) is 2. The standard InChI is InChI=1S/C22H18ClN3O3S/c23-22-15(3-2-8-24-22)13-25-16-4-1-5-18(11-16)30-14-21(27)26-17-6-7-19-20(12-17)29-10-9-28-19/h1-8,11-13H,9-10,14H2,(H,26,27). The molecule has 1 aliphatic rings. The smallest absolute Gasteiger partial charge is 0.234 e. The van der Waals surface area contributed by atoms with Gasteiger partial charge in [-0.1, -0.05) is 17.7 Å². The van der Waals surface area contributed by atoms with Gasteiger partial charge in [-0.05, 0) is 42.5 Å². The van der Waals surface area contributed by atoms with E-state index in [0.717, 1.165) is 16.1 Å². The van der Waals surface area contributed by atoms with Crippen molar-refractivity contribution in [2.45, 2.75) is 4.90 Å². The van der Waals surface area contributed by atoms with Crippen molar-refractivity contribution in [3.63, 3.8) is 0 Å². The number of rotatable bonds is 6. The number of carbonyl (C=O) groups is 1. The van der Waals surface area contributed by atoms with Crippen LogP contribution in [0.1, 0.15) is 5.56 Å². The fourth-order valence-corrected chi connectivity index (χ4v) is 3.68. The van der Waals surface area contributed by atoms with Gasteiger partial charge in [-0.15, -0.1) is 11.8 Å². The number of amides is 1. The fourth-order valence-electron chi connectivity index (χ4n) is 2.76. The fraction of sp³-hybridized carbons (Fsp3) is 0.136. The topological polar surface area (TPSA) is 72.8 Å². The molecule has 0 fully saturated rings. The molecule has 0 unspecified atom stereocenters. The molecule has 1 aromatic heterocycles. The Bertz CT molecular complexity index is 1090. The van der Waals surface area contributed by atoms with E-state index < -0.39 is 0 Å². The number of nitrogens with zero attached hydrogens (tertiary/aromatic N) is 2. The van der Waals surface area contributed by atoms with E-state index in [4.69, 9.17) is 21.1 Å². The van der Waals surface area contributed by atoms with Crippen molar-refractivity contribution >= 4 is 46.9 Å². The number of aliphatic imine (C=N–C) groups is 1. The first-order chi connectivity index (χ1) is 14.7. The first kappa shape index (κ1) is 20.3. The molecule has 0 aliphatic carbocycles. The normalized spacial score (nSPS) is 12.7. The molecule has 1 amide bonds. The molecule has 4 rings (SSSR count). The van der Waals surface area contributed by atoms with Gasteiger partial charge in [0.05, 0.1) is 11.4 Å². The summed E-state index contributed by atoms with van der Waals surface area (Å²) in [7, 11) is 0. The lowest BCUT2D eigenvalue weighted by molar-refractivity contribution is -0.113. The largest absolute Gasteiger partial charge is 0.486 e.